The molecule has 2 nitrogen and oxygen atoms in total. The van der Waals surface area contributed by atoms with Crippen LogP contribution in [-0.4, -0.2) is 5.91 Å². The number of fused-ring (bicyclic) bond motifs is 1. The third-order valence-corrected chi connectivity index (χ3v) is 5.04. The van der Waals surface area contributed by atoms with Gasteiger partial charge in [-0.15, -0.1) is 0 Å². The van der Waals surface area contributed by atoms with Gasteiger partial charge in [0.05, 0.1) is 5.92 Å². The zero-order valence-corrected chi connectivity index (χ0v) is 12.7. The number of anilines is 1. The zero-order valence-electron chi connectivity index (χ0n) is 12.7. The van der Waals surface area contributed by atoms with Crippen LogP contribution in [0.3, 0.4) is 0 Å². The first-order valence-corrected chi connectivity index (χ1v) is 8.07. The Morgan fingerprint density at radius 2 is 1.85 bits per heavy atom. The summed E-state index contributed by atoms with van der Waals surface area (Å²) in [6.45, 7) is 4.21. The van der Waals surface area contributed by atoms with Gasteiger partial charge in [0.25, 0.3) is 0 Å². The third-order valence-electron chi connectivity index (χ3n) is 5.04. The summed E-state index contributed by atoms with van der Waals surface area (Å²) in [5, 5.41) is 3.09. The van der Waals surface area contributed by atoms with E-state index in [1.807, 2.05) is 0 Å². The maximum atomic E-state index is 12.3. The van der Waals surface area contributed by atoms with Crippen LogP contribution >= 0.6 is 0 Å². The number of carbonyl (C=O) groups excluding carboxylic acids is 1. The smallest absolute Gasteiger partial charge is 0.232 e. The van der Waals surface area contributed by atoms with Crippen LogP contribution in [-0.2, 0) is 4.79 Å². The van der Waals surface area contributed by atoms with Gasteiger partial charge in [-0.25, -0.2) is 0 Å². The lowest BCUT2D eigenvalue weighted by Crippen LogP contribution is -2.14. The molecule has 1 saturated carbocycles. The minimum atomic E-state index is 0.0885. The molecule has 1 amide bonds. The molecular formula is C18H25NO. The van der Waals surface area contributed by atoms with Crippen molar-refractivity contribution in [3.63, 3.8) is 0 Å². The van der Waals surface area contributed by atoms with Crippen LogP contribution in [0.1, 0.15) is 67.6 Å². The molecule has 0 aromatic heterocycles. The van der Waals surface area contributed by atoms with Crippen molar-refractivity contribution < 1.29 is 4.79 Å². The van der Waals surface area contributed by atoms with Crippen LogP contribution in [0, 0.1) is 19.8 Å². The molecule has 1 fully saturated rings. The van der Waals surface area contributed by atoms with Crippen LogP contribution in [0.4, 0.5) is 5.69 Å². The van der Waals surface area contributed by atoms with E-state index in [4.69, 9.17) is 0 Å². The summed E-state index contributed by atoms with van der Waals surface area (Å²) in [6.07, 6.45) is 9.15. The van der Waals surface area contributed by atoms with E-state index < -0.39 is 0 Å². The molecule has 0 saturated heterocycles. The van der Waals surface area contributed by atoms with E-state index in [1.165, 1.54) is 55.2 Å². The summed E-state index contributed by atoms with van der Waals surface area (Å²) in [5.41, 5.74) is 4.78. The Hall–Kier alpha value is -1.31. The first kappa shape index (κ1) is 13.7. The van der Waals surface area contributed by atoms with Gasteiger partial charge >= 0.3 is 0 Å². The van der Waals surface area contributed by atoms with E-state index in [1.54, 1.807) is 0 Å². The predicted octanol–water partition coefficient (Wildman–Crippen LogP) is 4.70. The predicted molar refractivity (Wildman–Crippen MR) is 83.1 cm³/mol. The van der Waals surface area contributed by atoms with Crippen LogP contribution in [0.5, 0.6) is 0 Å². The lowest BCUT2D eigenvalue weighted by molar-refractivity contribution is -0.117. The number of hydrogen-bond acceptors (Lipinski definition) is 1. The maximum absolute atomic E-state index is 12.3. The Balaban J connectivity index is 1.73. The van der Waals surface area contributed by atoms with Gasteiger partial charge in [0.1, 0.15) is 0 Å². The molecule has 1 aliphatic heterocycles. The number of carbonyl (C=O) groups is 1. The Morgan fingerprint density at radius 3 is 2.60 bits per heavy atom. The second-order valence-corrected chi connectivity index (χ2v) is 6.67. The summed E-state index contributed by atoms with van der Waals surface area (Å²) in [7, 11) is 0. The van der Waals surface area contributed by atoms with E-state index in [0.717, 1.165) is 18.0 Å². The van der Waals surface area contributed by atoms with Gasteiger partial charge < -0.3 is 5.32 Å². The largest absolute Gasteiger partial charge is 0.325 e. The molecule has 3 rings (SSSR count). The fraction of sp³-hybridized carbons (Fsp3) is 0.611. The highest BCUT2D eigenvalue weighted by Gasteiger charge is 2.32. The first-order chi connectivity index (χ1) is 9.65. The minimum absolute atomic E-state index is 0.0885. The monoisotopic (exact) mass is 271 g/mol. The van der Waals surface area contributed by atoms with Crippen molar-refractivity contribution in [2.45, 2.75) is 64.7 Å². The van der Waals surface area contributed by atoms with Crippen molar-refractivity contribution in [2.75, 3.05) is 5.32 Å². The van der Waals surface area contributed by atoms with Crippen LogP contribution < -0.4 is 5.32 Å². The molecule has 1 aromatic rings. The second-order valence-electron chi connectivity index (χ2n) is 6.67. The number of rotatable bonds is 3. The fourth-order valence-electron chi connectivity index (χ4n) is 3.96. The molecule has 0 radical (unpaired) electrons. The second kappa shape index (κ2) is 5.59. The van der Waals surface area contributed by atoms with Crippen molar-refractivity contribution in [2.24, 2.45) is 5.92 Å². The minimum Gasteiger partial charge on any atom is -0.325 e. The van der Waals surface area contributed by atoms with E-state index in [0.29, 0.717) is 0 Å². The average molecular weight is 271 g/mol. The molecule has 2 aliphatic rings. The number of aryl methyl sites for hydroxylation is 2. The number of benzene rings is 1. The molecule has 1 aromatic carbocycles. The van der Waals surface area contributed by atoms with E-state index in [2.05, 4.69) is 31.3 Å². The van der Waals surface area contributed by atoms with Gasteiger partial charge in [0, 0.05) is 5.69 Å². The van der Waals surface area contributed by atoms with E-state index in [9.17, 15) is 4.79 Å². The molecule has 2 heteroatoms. The van der Waals surface area contributed by atoms with Gasteiger partial charge in [0.15, 0.2) is 0 Å². The van der Waals surface area contributed by atoms with Crippen molar-refractivity contribution in [3.05, 3.63) is 28.8 Å². The standard InChI is InChI=1S/C18H25NO/c1-12-10-13(2)17-16(11-12)15(18(20)19-17)9-8-14-6-4-3-5-7-14/h10-11,14-15H,3-9H2,1-2H3,(H,19,20). The van der Waals surface area contributed by atoms with Gasteiger partial charge in [-0.3, -0.25) is 4.79 Å². The summed E-state index contributed by atoms with van der Waals surface area (Å²) >= 11 is 0. The van der Waals surface area contributed by atoms with E-state index in [-0.39, 0.29) is 11.8 Å². The molecular weight excluding hydrogens is 246 g/mol. The molecule has 1 atom stereocenters. The highest BCUT2D eigenvalue weighted by Crippen LogP contribution is 2.40. The molecule has 1 heterocycles. The molecule has 1 N–H and O–H groups in total. The van der Waals surface area contributed by atoms with Gasteiger partial charge in [-0.1, -0.05) is 49.8 Å². The molecule has 0 bridgehead atoms. The zero-order chi connectivity index (χ0) is 14.1. The quantitative estimate of drug-likeness (QED) is 0.848. The van der Waals surface area contributed by atoms with Crippen molar-refractivity contribution in [3.8, 4) is 0 Å². The number of amides is 1. The summed E-state index contributed by atoms with van der Waals surface area (Å²) in [4.78, 5) is 12.3. The normalized spacial score (nSPS) is 22.7. The van der Waals surface area contributed by atoms with Crippen LogP contribution in [0.15, 0.2) is 12.1 Å². The molecule has 20 heavy (non-hydrogen) atoms. The maximum Gasteiger partial charge on any atom is 0.232 e. The molecule has 0 spiro atoms. The van der Waals surface area contributed by atoms with Gasteiger partial charge in [-0.2, -0.15) is 0 Å². The number of hydrogen-bond donors (Lipinski definition) is 1. The van der Waals surface area contributed by atoms with Crippen molar-refractivity contribution in [1.29, 1.82) is 0 Å². The van der Waals surface area contributed by atoms with Crippen molar-refractivity contribution >= 4 is 11.6 Å². The first-order valence-electron chi connectivity index (χ1n) is 8.07. The van der Waals surface area contributed by atoms with Crippen LogP contribution in [0.2, 0.25) is 0 Å². The Kier molecular flexibility index (Phi) is 3.82. The Bertz CT molecular complexity index is 514. The van der Waals surface area contributed by atoms with E-state index >= 15 is 0 Å². The Labute approximate surface area is 122 Å². The summed E-state index contributed by atoms with van der Waals surface area (Å²) in [5.74, 6) is 1.15. The topological polar surface area (TPSA) is 29.1 Å². The summed E-state index contributed by atoms with van der Waals surface area (Å²) < 4.78 is 0. The third kappa shape index (κ3) is 2.61. The highest BCUT2D eigenvalue weighted by molar-refractivity contribution is 6.03. The lowest BCUT2D eigenvalue weighted by Gasteiger charge is -2.22. The van der Waals surface area contributed by atoms with Crippen molar-refractivity contribution in [1.82, 2.24) is 0 Å². The van der Waals surface area contributed by atoms with Crippen LogP contribution in [0.25, 0.3) is 0 Å². The fourth-order valence-corrected chi connectivity index (χ4v) is 3.96. The number of nitrogens with one attached hydrogen (secondary N) is 1. The average Bonchev–Trinajstić information content (AvgIpc) is 2.74. The molecule has 1 aliphatic carbocycles. The SMILES string of the molecule is Cc1cc(C)c2c(c1)C(CCC1CCCCC1)C(=O)N2. The molecule has 108 valence electrons. The van der Waals surface area contributed by atoms with Gasteiger partial charge in [0.2, 0.25) is 5.91 Å². The lowest BCUT2D eigenvalue weighted by atomic mass is 9.83. The Morgan fingerprint density at radius 1 is 1.10 bits per heavy atom. The summed E-state index contributed by atoms with van der Waals surface area (Å²) in [6, 6.07) is 4.36. The van der Waals surface area contributed by atoms with Gasteiger partial charge in [-0.05, 0) is 43.7 Å². The highest BCUT2D eigenvalue weighted by atomic mass is 16.2. The molecule has 1 unspecified atom stereocenters.